The minimum absolute atomic E-state index is 0.0696. The third kappa shape index (κ3) is 3.60. The van der Waals surface area contributed by atoms with Gasteiger partial charge in [-0.15, -0.1) is 0 Å². The number of rotatable bonds is 3. The molecule has 4 nitrogen and oxygen atoms in total. The molecule has 0 spiro atoms. The summed E-state index contributed by atoms with van der Waals surface area (Å²) in [6.07, 6.45) is 0.844. The summed E-state index contributed by atoms with van der Waals surface area (Å²) < 4.78 is 0. The van der Waals surface area contributed by atoms with E-state index in [0.29, 0.717) is 23.7 Å². The maximum absolute atomic E-state index is 12.6. The Morgan fingerprint density at radius 1 is 1.12 bits per heavy atom. The molecule has 0 bridgehead atoms. The van der Waals surface area contributed by atoms with Crippen molar-refractivity contribution in [2.24, 2.45) is 0 Å². The zero-order chi connectivity index (χ0) is 17.1. The Kier molecular flexibility index (Phi) is 4.86. The highest BCUT2D eigenvalue weighted by molar-refractivity contribution is 6.31. The number of nitrogens with zero attached hydrogens (tertiary/aromatic N) is 1. The highest BCUT2D eigenvalue weighted by Gasteiger charge is 2.25. The van der Waals surface area contributed by atoms with Gasteiger partial charge >= 0.3 is 0 Å². The van der Waals surface area contributed by atoms with Gasteiger partial charge < -0.3 is 10.2 Å². The molecule has 24 heavy (non-hydrogen) atoms. The fourth-order valence-electron chi connectivity index (χ4n) is 2.93. The molecule has 0 aliphatic carbocycles. The smallest absolute Gasteiger partial charge is 0.251 e. The normalized spacial score (nSPS) is 14.7. The Bertz CT molecular complexity index is 775. The number of fused-ring (bicyclic) bond motifs is 1. The van der Waals surface area contributed by atoms with Gasteiger partial charge in [0, 0.05) is 23.7 Å². The largest absolute Gasteiger partial charge is 0.341 e. The van der Waals surface area contributed by atoms with Gasteiger partial charge in [0.1, 0.15) is 6.04 Å². The standard InChI is InChI=1S/C19H19ClN2O2/c1-13(21-18(23)15-7-4-8-17(20)11-15)19(24)22-10-9-14-5-2-3-6-16(14)12-22/h2-8,11,13H,9-10,12H2,1H3,(H,21,23)/t13-/m1/s1. The van der Waals surface area contributed by atoms with Crippen molar-refractivity contribution < 1.29 is 9.59 Å². The van der Waals surface area contributed by atoms with Crippen LogP contribution in [0, 0.1) is 0 Å². The second kappa shape index (κ2) is 7.05. The zero-order valence-corrected chi connectivity index (χ0v) is 14.2. The van der Waals surface area contributed by atoms with Crippen LogP contribution in [0.3, 0.4) is 0 Å². The molecule has 0 unspecified atom stereocenters. The average Bonchev–Trinajstić information content (AvgIpc) is 2.60. The molecule has 0 saturated carbocycles. The second-order valence-corrected chi connectivity index (χ2v) is 6.42. The molecule has 5 heteroatoms. The summed E-state index contributed by atoms with van der Waals surface area (Å²) in [5.74, 6) is -0.365. The van der Waals surface area contributed by atoms with Crippen molar-refractivity contribution in [2.45, 2.75) is 25.9 Å². The van der Waals surface area contributed by atoms with Crippen molar-refractivity contribution in [2.75, 3.05) is 6.54 Å². The molecule has 0 radical (unpaired) electrons. The van der Waals surface area contributed by atoms with Crippen molar-refractivity contribution in [1.82, 2.24) is 10.2 Å². The topological polar surface area (TPSA) is 49.4 Å². The summed E-state index contributed by atoms with van der Waals surface area (Å²) in [5, 5.41) is 3.25. The van der Waals surface area contributed by atoms with Crippen molar-refractivity contribution in [3.63, 3.8) is 0 Å². The van der Waals surface area contributed by atoms with Gasteiger partial charge in [-0.05, 0) is 42.7 Å². The molecule has 0 aromatic heterocycles. The van der Waals surface area contributed by atoms with Crippen LogP contribution < -0.4 is 5.32 Å². The Balaban J connectivity index is 1.64. The van der Waals surface area contributed by atoms with Crippen molar-refractivity contribution in [1.29, 1.82) is 0 Å². The van der Waals surface area contributed by atoms with Crippen LogP contribution in [0.15, 0.2) is 48.5 Å². The Morgan fingerprint density at radius 2 is 1.88 bits per heavy atom. The summed E-state index contributed by atoms with van der Waals surface area (Å²) in [5.41, 5.74) is 2.91. The minimum Gasteiger partial charge on any atom is -0.341 e. The lowest BCUT2D eigenvalue weighted by Crippen LogP contribution is -2.48. The van der Waals surface area contributed by atoms with Gasteiger partial charge in [0.2, 0.25) is 5.91 Å². The molecular weight excluding hydrogens is 324 g/mol. The first-order chi connectivity index (χ1) is 11.5. The molecular formula is C19H19ClN2O2. The zero-order valence-electron chi connectivity index (χ0n) is 13.5. The first-order valence-corrected chi connectivity index (χ1v) is 8.34. The molecule has 1 heterocycles. The van der Waals surface area contributed by atoms with Gasteiger partial charge in [0.15, 0.2) is 0 Å². The van der Waals surface area contributed by atoms with Crippen molar-refractivity contribution >= 4 is 23.4 Å². The summed E-state index contributed by atoms with van der Waals surface area (Å²) >= 11 is 5.90. The molecule has 1 N–H and O–H groups in total. The van der Waals surface area contributed by atoms with Gasteiger partial charge in [-0.3, -0.25) is 9.59 Å². The molecule has 1 atom stereocenters. The predicted molar refractivity (Wildman–Crippen MR) is 93.9 cm³/mol. The SMILES string of the molecule is C[C@@H](NC(=O)c1cccc(Cl)c1)C(=O)N1CCc2ccccc2C1. The summed E-state index contributed by atoms with van der Waals surface area (Å²) in [4.78, 5) is 26.7. The maximum Gasteiger partial charge on any atom is 0.251 e. The molecule has 2 aromatic rings. The van der Waals surface area contributed by atoms with Crippen LogP contribution >= 0.6 is 11.6 Å². The van der Waals surface area contributed by atoms with Gasteiger partial charge in [-0.25, -0.2) is 0 Å². The number of benzene rings is 2. The summed E-state index contributed by atoms with van der Waals surface area (Å²) in [6.45, 7) is 2.98. The lowest BCUT2D eigenvalue weighted by Gasteiger charge is -2.31. The number of halogens is 1. The third-order valence-corrected chi connectivity index (χ3v) is 4.48. The Morgan fingerprint density at radius 3 is 2.62 bits per heavy atom. The number of carbonyl (C=O) groups is 2. The van der Waals surface area contributed by atoms with E-state index < -0.39 is 6.04 Å². The van der Waals surface area contributed by atoms with Gasteiger partial charge in [0.25, 0.3) is 5.91 Å². The van der Waals surface area contributed by atoms with Crippen LogP contribution in [-0.4, -0.2) is 29.3 Å². The quantitative estimate of drug-likeness (QED) is 0.932. The van der Waals surface area contributed by atoms with E-state index in [1.807, 2.05) is 18.2 Å². The first kappa shape index (κ1) is 16.5. The van der Waals surface area contributed by atoms with Crippen molar-refractivity contribution in [3.8, 4) is 0 Å². The van der Waals surface area contributed by atoms with E-state index in [1.165, 1.54) is 11.1 Å². The summed E-state index contributed by atoms with van der Waals surface area (Å²) in [7, 11) is 0. The third-order valence-electron chi connectivity index (χ3n) is 4.25. The summed E-state index contributed by atoms with van der Waals surface area (Å²) in [6, 6.07) is 14.2. The monoisotopic (exact) mass is 342 g/mol. The van der Waals surface area contributed by atoms with Crippen LogP contribution in [0.25, 0.3) is 0 Å². The van der Waals surface area contributed by atoms with Gasteiger partial charge in [0.05, 0.1) is 0 Å². The highest BCUT2D eigenvalue weighted by Crippen LogP contribution is 2.19. The first-order valence-electron chi connectivity index (χ1n) is 7.96. The molecule has 1 aliphatic heterocycles. The molecule has 2 amide bonds. The van der Waals surface area contributed by atoms with E-state index in [0.717, 1.165) is 6.42 Å². The predicted octanol–water partition coefficient (Wildman–Crippen LogP) is 3.04. The van der Waals surface area contributed by atoms with Crippen LogP contribution in [-0.2, 0) is 17.8 Å². The molecule has 3 rings (SSSR count). The van der Waals surface area contributed by atoms with E-state index in [-0.39, 0.29) is 11.8 Å². The Hall–Kier alpha value is -2.33. The maximum atomic E-state index is 12.6. The number of hydrogen-bond donors (Lipinski definition) is 1. The van der Waals surface area contributed by atoms with E-state index >= 15 is 0 Å². The van der Waals surface area contributed by atoms with Crippen LogP contribution in [0.2, 0.25) is 5.02 Å². The minimum atomic E-state index is -0.582. The van der Waals surface area contributed by atoms with E-state index in [4.69, 9.17) is 11.6 Å². The highest BCUT2D eigenvalue weighted by atomic mass is 35.5. The lowest BCUT2D eigenvalue weighted by molar-refractivity contribution is -0.133. The van der Waals surface area contributed by atoms with E-state index in [2.05, 4.69) is 11.4 Å². The van der Waals surface area contributed by atoms with Crippen LogP contribution in [0.1, 0.15) is 28.4 Å². The molecule has 0 saturated heterocycles. The molecule has 1 aliphatic rings. The number of carbonyl (C=O) groups excluding carboxylic acids is 2. The second-order valence-electron chi connectivity index (χ2n) is 5.98. The molecule has 124 valence electrons. The van der Waals surface area contributed by atoms with Gasteiger partial charge in [-0.1, -0.05) is 41.9 Å². The van der Waals surface area contributed by atoms with Crippen LogP contribution in [0.5, 0.6) is 0 Å². The van der Waals surface area contributed by atoms with E-state index in [1.54, 1.807) is 36.1 Å². The van der Waals surface area contributed by atoms with Crippen LogP contribution in [0.4, 0.5) is 0 Å². The fraction of sp³-hybridized carbons (Fsp3) is 0.263. The number of hydrogen-bond acceptors (Lipinski definition) is 2. The fourth-order valence-corrected chi connectivity index (χ4v) is 3.12. The lowest BCUT2D eigenvalue weighted by atomic mass is 9.99. The van der Waals surface area contributed by atoms with Crippen molar-refractivity contribution in [3.05, 3.63) is 70.2 Å². The number of amides is 2. The average molecular weight is 343 g/mol. The Labute approximate surface area is 146 Å². The molecule has 0 fully saturated rings. The van der Waals surface area contributed by atoms with E-state index in [9.17, 15) is 9.59 Å². The van der Waals surface area contributed by atoms with Gasteiger partial charge in [-0.2, -0.15) is 0 Å². The molecule has 2 aromatic carbocycles. The number of nitrogens with one attached hydrogen (secondary N) is 1.